The molecule has 2 N–H and O–H groups in total. The number of amides is 1. The van der Waals surface area contributed by atoms with Gasteiger partial charge in [-0.2, -0.15) is 0 Å². The van der Waals surface area contributed by atoms with E-state index in [-0.39, 0.29) is 0 Å². The highest BCUT2D eigenvalue weighted by Crippen LogP contribution is 2.23. The monoisotopic (exact) mass is 268 g/mol. The molecule has 3 nitrogen and oxygen atoms in total. The molecule has 0 bridgehead atoms. The molecule has 1 amide bonds. The average molecular weight is 268 g/mol. The molecule has 1 fully saturated rings. The fourth-order valence-corrected chi connectivity index (χ4v) is 3.18. The summed E-state index contributed by atoms with van der Waals surface area (Å²) in [7, 11) is 0. The van der Waals surface area contributed by atoms with Gasteiger partial charge in [-0.25, -0.2) is 0 Å². The normalized spacial score (nSPS) is 18.9. The fourth-order valence-electron chi connectivity index (χ4n) is 3.18. The summed E-state index contributed by atoms with van der Waals surface area (Å²) in [6.45, 7) is 9.20. The number of hydrogen-bond acceptors (Lipinski definition) is 2. The van der Waals surface area contributed by atoms with Crippen LogP contribution in [0.5, 0.6) is 0 Å². The molecule has 1 rings (SSSR count). The molecular weight excluding hydrogens is 236 g/mol. The molecule has 1 atom stereocenters. The molecule has 1 aliphatic rings. The van der Waals surface area contributed by atoms with Crippen LogP contribution in [0.2, 0.25) is 0 Å². The molecule has 0 aromatic heterocycles. The van der Waals surface area contributed by atoms with Crippen LogP contribution in [0.4, 0.5) is 0 Å². The predicted octanol–water partition coefficient (Wildman–Crippen LogP) is 3.04. The van der Waals surface area contributed by atoms with Gasteiger partial charge in [0, 0.05) is 19.5 Å². The van der Waals surface area contributed by atoms with Crippen molar-refractivity contribution in [3.8, 4) is 0 Å². The third kappa shape index (κ3) is 5.94. The van der Waals surface area contributed by atoms with E-state index in [1.807, 2.05) is 0 Å². The number of piperidine rings is 1. The van der Waals surface area contributed by atoms with Crippen LogP contribution in [0, 0.1) is 17.8 Å². The first-order valence-electron chi connectivity index (χ1n) is 8.04. The largest absolute Gasteiger partial charge is 0.343 e. The summed E-state index contributed by atoms with van der Waals surface area (Å²) >= 11 is 0. The van der Waals surface area contributed by atoms with E-state index in [9.17, 15) is 4.79 Å². The highest BCUT2D eigenvalue weighted by atomic mass is 16.2. The van der Waals surface area contributed by atoms with Crippen molar-refractivity contribution in [2.45, 2.75) is 59.3 Å². The molecule has 0 aliphatic carbocycles. The highest BCUT2D eigenvalue weighted by molar-refractivity contribution is 5.76. The summed E-state index contributed by atoms with van der Waals surface area (Å²) in [4.78, 5) is 14.3. The molecular formula is C16H32N2O. The van der Waals surface area contributed by atoms with Crippen LogP contribution < -0.4 is 5.73 Å². The van der Waals surface area contributed by atoms with Gasteiger partial charge in [0.1, 0.15) is 0 Å². The zero-order valence-electron chi connectivity index (χ0n) is 13.0. The Morgan fingerprint density at radius 1 is 1.32 bits per heavy atom. The zero-order chi connectivity index (χ0) is 14.3. The molecule has 1 unspecified atom stereocenters. The molecule has 3 heteroatoms. The minimum Gasteiger partial charge on any atom is -0.343 e. The molecule has 1 saturated heterocycles. The predicted molar refractivity (Wildman–Crippen MR) is 80.8 cm³/mol. The van der Waals surface area contributed by atoms with E-state index in [0.717, 1.165) is 25.4 Å². The maximum atomic E-state index is 12.3. The molecule has 0 aromatic carbocycles. The quantitative estimate of drug-likeness (QED) is 0.771. The smallest absolute Gasteiger partial charge is 0.222 e. The Kier molecular flexibility index (Phi) is 7.44. The van der Waals surface area contributed by atoms with Crippen molar-refractivity contribution < 1.29 is 4.79 Å². The molecule has 0 radical (unpaired) electrons. The van der Waals surface area contributed by atoms with Crippen LogP contribution in [0.15, 0.2) is 0 Å². The number of carbonyl (C=O) groups is 1. The van der Waals surface area contributed by atoms with Crippen molar-refractivity contribution >= 4 is 5.91 Å². The minimum absolute atomic E-state index is 0.325. The number of rotatable bonds is 7. The van der Waals surface area contributed by atoms with E-state index in [1.54, 1.807) is 0 Å². The van der Waals surface area contributed by atoms with Crippen LogP contribution >= 0.6 is 0 Å². The Bertz CT molecular complexity index is 257. The van der Waals surface area contributed by atoms with Gasteiger partial charge in [0.2, 0.25) is 5.91 Å². The van der Waals surface area contributed by atoms with E-state index in [0.29, 0.717) is 30.7 Å². The summed E-state index contributed by atoms with van der Waals surface area (Å²) in [6.07, 6.45) is 6.68. The third-order valence-corrected chi connectivity index (χ3v) is 4.27. The summed E-state index contributed by atoms with van der Waals surface area (Å²) in [6, 6.07) is 0. The third-order valence-electron chi connectivity index (χ3n) is 4.27. The summed E-state index contributed by atoms with van der Waals surface area (Å²) in [5.74, 6) is 2.15. The molecule has 19 heavy (non-hydrogen) atoms. The van der Waals surface area contributed by atoms with Gasteiger partial charge in [0.25, 0.3) is 0 Å². The number of likely N-dealkylation sites (tertiary alicyclic amines) is 1. The van der Waals surface area contributed by atoms with Gasteiger partial charge in [-0.3, -0.25) is 4.79 Å². The Hall–Kier alpha value is -0.570. The molecule has 0 saturated carbocycles. The number of nitrogens with two attached hydrogens (primary N) is 1. The number of nitrogens with zero attached hydrogens (tertiary/aromatic N) is 1. The second kappa shape index (κ2) is 8.57. The average Bonchev–Trinajstić information content (AvgIpc) is 2.38. The van der Waals surface area contributed by atoms with Crippen molar-refractivity contribution in [3.63, 3.8) is 0 Å². The first kappa shape index (κ1) is 16.5. The van der Waals surface area contributed by atoms with Crippen molar-refractivity contribution in [1.82, 2.24) is 4.90 Å². The van der Waals surface area contributed by atoms with Crippen molar-refractivity contribution in [3.05, 3.63) is 0 Å². The first-order valence-corrected chi connectivity index (χ1v) is 8.04. The molecule has 0 aromatic rings. The lowest BCUT2D eigenvalue weighted by atomic mass is 9.91. The summed E-state index contributed by atoms with van der Waals surface area (Å²) < 4.78 is 0. The van der Waals surface area contributed by atoms with Gasteiger partial charge in [-0.05, 0) is 43.6 Å². The lowest BCUT2D eigenvalue weighted by Crippen LogP contribution is -2.39. The van der Waals surface area contributed by atoms with Gasteiger partial charge in [0.15, 0.2) is 0 Å². The zero-order valence-corrected chi connectivity index (χ0v) is 13.0. The topological polar surface area (TPSA) is 46.3 Å². The highest BCUT2D eigenvalue weighted by Gasteiger charge is 2.24. The second-order valence-corrected chi connectivity index (χ2v) is 6.55. The van der Waals surface area contributed by atoms with E-state index in [1.165, 1.54) is 25.7 Å². The molecule has 1 aliphatic heterocycles. The lowest BCUT2D eigenvalue weighted by Gasteiger charge is -2.33. The van der Waals surface area contributed by atoms with E-state index < -0.39 is 0 Å². The maximum Gasteiger partial charge on any atom is 0.222 e. The summed E-state index contributed by atoms with van der Waals surface area (Å²) in [5, 5.41) is 0. The van der Waals surface area contributed by atoms with E-state index >= 15 is 0 Å². The molecule has 112 valence electrons. The van der Waals surface area contributed by atoms with Gasteiger partial charge < -0.3 is 10.6 Å². The van der Waals surface area contributed by atoms with Crippen LogP contribution in [-0.2, 0) is 4.79 Å². The summed E-state index contributed by atoms with van der Waals surface area (Å²) in [5.41, 5.74) is 5.79. The van der Waals surface area contributed by atoms with E-state index in [2.05, 4.69) is 25.7 Å². The van der Waals surface area contributed by atoms with Crippen molar-refractivity contribution in [1.29, 1.82) is 0 Å². The van der Waals surface area contributed by atoms with Crippen LogP contribution in [0.25, 0.3) is 0 Å². The number of carbonyl (C=O) groups excluding carboxylic acids is 1. The van der Waals surface area contributed by atoms with Crippen molar-refractivity contribution in [2.75, 3.05) is 19.6 Å². The Morgan fingerprint density at radius 2 is 1.95 bits per heavy atom. The van der Waals surface area contributed by atoms with E-state index in [4.69, 9.17) is 5.73 Å². The SMILES string of the molecule is CCCC1CCN(C(=O)CC(CN)CC(C)C)CC1. The standard InChI is InChI=1S/C16H32N2O/c1-4-5-14-6-8-18(9-7-14)16(19)11-15(12-17)10-13(2)3/h13-15H,4-12,17H2,1-3H3. The maximum absolute atomic E-state index is 12.3. The van der Waals surface area contributed by atoms with Crippen LogP contribution in [0.3, 0.4) is 0 Å². The van der Waals surface area contributed by atoms with Crippen LogP contribution in [0.1, 0.15) is 59.3 Å². The van der Waals surface area contributed by atoms with Gasteiger partial charge in [-0.15, -0.1) is 0 Å². The Labute approximate surface area is 118 Å². The lowest BCUT2D eigenvalue weighted by molar-refractivity contribution is -0.133. The Morgan fingerprint density at radius 3 is 2.42 bits per heavy atom. The minimum atomic E-state index is 0.325. The van der Waals surface area contributed by atoms with Gasteiger partial charge in [0.05, 0.1) is 0 Å². The molecule has 1 heterocycles. The number of hydrogen-bond donors (Lipinski definition) is 1. The fraction of sp³-hybridized carbons (Fsp3) is 0.938. The first-order chi connectivity index (χ1) is 9.06. The Balaban J connectivity index is 2.33. The van der Waals surface area contributed by atoms with Gasteiger partial charge >= 0.3 is 0 Å². The second-order valence-electron chi connectivity index (χ2n) is 6.55. The van der Waals surface area contributed by atoms with Gasteiger partial charge in [-0.1, -0.05) is 33.6 Å². The molecule has 0 spiro atoms. The van der Waals surface area contributed by atoms with Crippen LogP contribution in [-0.4, -0.2) is 30.4 Å². The van der Waals surface area contributed by atoms with Crippen molar-refractivity contribution in [2.24, 2.45) is 23.5 Å².